The van der Waals surface area contributed by atoms with Gasteiger partial charge in [-0.05, 0) is 43.2 Å². The third-order valence-electron chi connectivity index (χ3n) is 8.46. The van der Waals surface area contributed by atoms with Crippen LogP contribution in [-0.2, 0) is 20.6 Å². The smallest absolute Gasteiger partial charge is 0.200 e. The van der Waals surface area contributed by atoms with Gasteiger partial charge in [0.15, 0.2) is 35.8 Å². The Labute approximate surface area is 288 Å². The molecule has 0 aromatic heterocycles. The molecule has 50 heavy (non-hydrogen) atoms. The third-order valence-corrected chi connectivity index (χ3v) is 9.01. The third kappa shape index (κ3) is 6.55. The molecule has 1 heterocycles. The lowest BCUT2D eigenvalue weighted by molar-refractivity contribution is -0.146. The standard InChI is InChI=1S/C36H36F5O8P/c1-36(48-15-16-49-36)14-13-18-23(25-19(43-3)9-7-10-20(25)44-4)27(28-29(37)31(39)33(41)32(40)30(28)38)34(47-17-42-2)35(50)24(18)26-21(45-5)11-8-12-22(26)46-6/h7-12H,13-17,50H2,1-6H3. The molecule has 0 N–H and O–H groups in total. The maximum atomic E-state index is 16.1. The largest absolute Gasteiger partial charge is 0.496 e. The summed E-state index contributed by atoms with van der Waals surface area (Å²) in [4.78, 5) is 0. The first kappa shape index (κ1) is 37.1. The predicted molar refractivity (Wildman–Crippen MR) is 179 cm³/mol. The van der Waals surface area contributed by atoms with Crippen molar-refractivity contribution in [3.63, 3.8) is 0 Å². The molecule has 0 radical (unpaired) electrons. The molecule has 4 aromatic rings. The Morgan fingerprint density at radius 3 is 1.50 bits per heavy atom. The van der Waals surface area contributed by atoms with Crippen LogP contribution in [0.1, 0.15) is 18.9 Å². The van der Waals surface area contributed by atoms with Crippen LogP contribution in [0.3, 0.4) is 0 Å². The van der Waals surface area contributed by atoms with Crippen molar-refractivity contribution in [2.45, 2.75) is 25.6 Å². The highest BCUT2D eigenvalue weighted by Gasteiger charge is 2.38. The Kier molecular flexibility index (Phi) is 11.4. The molecular formula is C36H36F5O8P. The number of methoxy groups -OCH3 is 5. The summed E-state index contributed by atoms with van der Waals surface area (Å²) in [5.74, 6) is -11.1. The lowest BCUT2D eigenvalue weighted by Crippen LogP contribution is -2.27. The van der Waals surface area contributed by atoms with Gasteiger partial charge in [0.1, 0.15) is 28.7 Å². The van der Waals surface area contributed by atoms with Crippen molar-refractivity contribution in [1.29, 1.82) is 0 Å². The maximum Gasteiger partial charge on any atom is 0.200 e. The predicted octanol–water partition coefficient (Wildman–Crippen LogP) is 7.60. The summed E-state index contributed by atoms with van der Waals surface area (Å²) >= 11 is 0. The molecule has 0 amide bonds. The lowest BCUT2D eigenvalue weighted by Gasteiger charge is -2.30. The second-order valence-corrected chi connectivity index (χ2v) is 11.8. The summed E-state index contributed by atoms with van der Waals surface area (Å²) in [6.45, 7) is 1.92. The van der Waals surface area contributed by atoms with Crippen molar-refractivity contribution in [2.75, 3.05) is 55.6 Å². The van der Waals surface area contributed by atoms with Crippen LogP contribution in [0.2, 0.25) is 0 Å². The molecule has 1 aliphatic heterocycles. The second kappa shape index (κ2) is 15.4. The van der Waals surface area contributed by atoms with Crippen LogP contribution in [0, 0.1) is 29.1 Å². The van der Waals surface area contributed by atoms with E-state index in [9.17, 15) is 4.39 Å². The number of ether oxygens (including phenoxy) is 8. The van der Waals surface area contributed by atoms with Gasteiger partial charge in [-0.15, -0.1) is 9.24 Å². The van der Waals surface area contributed by atoms with Crippen LogP contribution >= 0.6 is 9.24 Å². The maximum absolute atomic E-state index is 16.1. The zero-order chi connectivity index (χ0) is 36.3. The molecular weight excluding hydrogens is 686 g/mol. The van der Waals surface area contributed by atoms with E-state index in [-0.39, 0.29) is 46.5 Å². The minimum atomic E-state index is -2.32. The Morgan fingerprint density at radius 2 is 1.06 bits per heavy atom. The molecule has 0 aliphatic carbocycles. The van der Waals surface area contributed by atoms with Crippen molar-refractivity contribution in [2.24, 2.45) is 0 Å². The van der Waals surface area contributed by atoms with E-state index in [4.69, 9.17) is 37.9 Å². The Hall–Kier alpha value is -4.16. The molecule has 0 saturated carbocycles. The van der Waals surface area contributed by atoms with Crippen LogP contribution in [0.5, 0.6) is 28.7 Å². The average molecular weight is 723 g/mol. The SMILES string of the molecule is COCOc1c(P)c(-c2c(OC)cccc2OC)c(CCC2(C)OCCO2)c(-c2c(OC)cccc2OC)c1-c1c(F)c(F)c(F)c(F)c1F. The normalized spacial score (nSPS) is 13.8. The zero-order valence-corrected chi connectivity index (χ0v) is 29.4. The van der Waals surface area contributed by atoms with Gasteiger partial charge < -0.3 is 37.9 Å². The van der Waals surface area contributed by atoms with Gasteiger partial charge in [-0.1, -0.05) is 12.1 Å². The van der Waals surface area contributed by atoms with E-state index in [1.165, 1.54) is 35.5 Å². The van der Waals surface area contributed by atoms with E-state index in [1.54, 1.807) is 43.3 Å². The topological polar surface area (TPSA) is 73.8 Å². The summed E-state index contributed by atoms with van der Waals surface area (Å²) in [6, 6.07) is 9.85. The summed E-state index contributed by atoms with van der Waals surface area (Å²) < 4.78 is 123. The highest BCUT2D eigenvalue weighted by atomic mass is 31.0. The molecule has 8 nitrogen and oxygen atoms in total. The number of benzene rings is 4. The van der Waals surface area contributed by atoms with Crippen molar-refractivity contribution in [1.82, 2.24) is 0 Å². The van der Waals surface area contributed by atoms with E-state index in [0.717, 1.165) is 0 Å². The number of rotatable bonds is 13. The molecule has 1 atom stereocenters. The zero-order valence-electron chi connectivity index (χ0n) is 28.2. The second-order valence-electron chi connectivity index (χ2n) is 11.2. The molecule has 5 rings (SSSR count). The Morgan fingerprint density at radius 1 is 0.620 bits per heavy atom. The summed E-state index contributed by atoms with van der Waals surface area (Å²) in [5, 5.41) is 0.162. The fourth-order valence-corrected chi connectivity index (χ4v) is 6.74. The molecule has 0 spiro atoms. The van der Waals surface area contributed by atoms with Gasteiger partial charge >= 0.3 is 0 Å². The Bertz CT molecular complexity index is 1820. The molecule has 1 saturated heterocycles. The first-order chi connectivity index (χ1) is 24.0. The monoisotopic (exact) mass is 722 g/mol. The molecule has 1 aliphatic rings. The summed E-state index contributed by atoms with van der Waals surface area (Å²) in [6.07, 6.45) is 0.235. The van der Waals surface area contributed by atoms with Crippen molar-refractivity contribution < 1.29 is 59.8 Å². The first-order valence-corrected chi connectivity index (χ1v) is 15.9. The van der Waals surface area contributed by atoms with E-state index in [1.807, 2.05) is 0 Å². The van der Waals surface area contributed by atoms with Crippen LogP contribution in [0.4, 0.5) is 22.0 Å². The molecule has 0 bridgehead atoms. The van der Waals surface area contributed by atoms with Crippen LogP contribution in [-0.4, -0.2) is 61.3 Å². The molecule has 4 aromatic carbocycles. The number of halogens is 5. The highest BCUT2D eigenvalue weighted by Crippen LogP contribution is 2.54. The van der Waals surface area contributed by atoms with E-state index in [2.05, 4.69) is 9.24 Å². The molecule has 1 unspecified atom stereocenters. The van der Waals surface area contributed by atoms with E-state index >= 15 is 17.6 Å². The highest BCUT2D eigenvalue weighted by molar-refractivity contribution is 7.28. The van der Waals surface area contributed by atoms with Crippen molar-refractivity contribution in [3.05, 3.63) is 71.0 Å². The average Bonchev–Trinajstić information content (AvgIpc) is 3.57. The lowest BCUT2D eigenvalue weighted by atomic mass is 9.81. The van der Waals surface area contributed by atoms with Gasteiger partial charge in [0.05, 0.1) is 58.3 Å². The summed E-state index contributed by atoms with van der Waals surface area (Å²) in [7, 11) is 9.45. The van der Waals surface area contributed by atoms with Gasteiger partial charge in [-0.3, -0.25) is 0 Å². The van der Waals surface area contributed by atoms with Crippen molar-refractivity contribution >= 4 is 14.5 Å². The first-order valence-electron chi connectivity index (χ1n) is 15.3. The van der Waals surface area contributed by atoms with Crippen LogP contribution in [0.25, 0.3) is 33.4 Å². The van der Waals surface area contributed by atoms with Gasteiger partial charge in [-0.25, -0.2) is 22.0 Å². The van der Waals surface area contributed by atoms with Gasteiger partial charge in [0, 0.05) is 35.5 Å². The van der Waals surface area contributed by atoms with E-state index < -0.39 is 52.8 Å². The fourth-order valence-electron chi connectivity index (χ4n) is 6.19. The van der Waals surface area contributed by atoms with Gasteiger partial charge in [0.2, 0.25) is 5.82 Å². The minimum Gasteiger partial charge on any atom is -0.496 e. The number of hydrogen-bond acceptors (Lipinski definition) is 8. The van der Waals surface area contributed by atoms with Crippen LogP contribution in [0.15, 0.2) is 36.4 Å². The fraction of sp³-hybridized carbons (Fsp3) is 0.333. The molecule has 14 heteroatoms. The van der Waals surface area contributed by atoms with Gasteiger partial charge in [-0.2, -0.15) is 0 Å². The number of hydrogen-bond donors (Lipinski definition) is 0. The van der Waals surface area contributed by atoms with E-state index in [0.29, 0.717) is 41.4 Å². The van der Waals surface area contributed by atoms with Crippen LogP contribution < -0.4 is 29.0 Å². The Balaban J connectivity index is 2.12. The quantitative estimate of drug-likeness (QED) is 0.0460. The van der Waals surface area contributed by atoms with Gasteiger partial charge in [0.25, 0.3) is 0 Å². The minimum absolute atomic E-state index is 0.0237. The molecule has 268 valence electrons. The molecule has 1 fully saturated rings. The summed E-state index contributed by atoms with van der Waals surface area (Å²) in [5.41, 5.74) is -0.488. The van der Waals surface area contributed by atoms with Crippen molar-refractivity contribution in [3.8, 4) is 62.1 Å².